The Morgan fingerprint density at radius 1 is 1.16 bits per heavy atom. The highest BCUT2D eigenvalue weighted by Crippen LogP contribution is 2.33. The average molecular weight is 551 g/mol. The molecule has 8 nitrogen and oxygen atoms in total. The fraction of sp³-hybridized carbons (Fsp3) is 0.321. The molecule has 0 N–H and O–H groups in total. The van der Waals surface area contributed by atoms with Crippen molar-refractivity contribution in [1.29, 1.82) is 0 Å². The van der Waals surface area contributed by atoms with Gasteiger partial charge < -0.3 is 4.74 Å². The number of anilines is 1. The Morgan fingerprint density at radius 3 is 2.68 bits per heavy atom. The number of ether oxygens (including phenoxy) is 1. The first-order valence-corrected chi connectivity index (χ1v) is 14.9. The summed E-state index contributed by atoms with van der Waals surface area (Å²) >= 11 is 1.40. The second-order valence-electron chi connectivity index (χ2n) is 9.28. The van der Waals surface area contributed by atoms with Crippen molar-refractivity contribution in [3.05, 3.63) is 78.1 Å². The fourth-order valence-electron chi connectivity index (χ4n) is 4.79. The number of pyridine rings is 1. The molecule has 0 spiro atoms. The topological polar surface area (TPSA) is 92.7 Å². The summed E-state index contributed by atoms with van der Waals surface area (Å²) in [5.41, 5.74) is 2.01. The van der Waals surface area contributed by atoms with E-state index in [9.17, 15) is 13.2 Å². The fourth-order valence-corrected chi connectivity index (χ4v) is 7.55. The summed E-state index contributed by atoms with van der Waals surface area (Å²) in [4.78, 5) is 24.5. The smallest absolute Gasteiger partial charge is 0.260 e. The number of benzene rings is 2. The highest BCUT2D eigenvalue weighted by Gasteiger charge is 2.32. The normalized spacial score (nSPS) is 16.4. The molecule has 1 aliphatic rings. The lowest BCUT2D eigenvalue weighted by atomic mass is 10.0. The number of amides is 1. The molecule has 4 aromatic rings. The quantitative estimate of drug-likeness (QED) is 0.288. The van der Waals surface area contributed by atoms with E-state index in [1.807, 2.05) is 37.3 Å². The molecule has 10 heteroatoms. The summed E-state index contributed by atoms with van der Waals surface area (Å²) in [7, 11) is -2.02. The lowest BCUT2D eigenvalue weighted by Gasteiger charge is -2.34. The van der Waals surface area contributed by atoms with Crippen molar-refractivity contribution in [2.75, 3.05) is 18.6 Å². The van der Waals surface area contributed by atoms with Crippen LogP contribution in [-0.2, 0) is 16.6 Å². The number of carbonyl (C=O) groups excluding carboxylic acids is 1. The third-order valence-electron chi connectivity index (χ3n) is 6.88. The van der Waals surface area contributed by atoms with Gasteiger partial charge in [-0.25, -0.2) is 13.4 Å². The van der Waals surface area contributed by atoms with Gasteiger partial charge in [-0.15, -0.1) is 0 Å². The van der Waals surface area contributed by atoms with Crippen molar-refractivity contribution < 1.29 is 17.9 Å². The van der Waals surface area contributed by atoms with Gasteiger partial charge in [0.05, 0.1) is 28.8 Å². The number of hydrogen-bond donors (Lipinski definition) is 0. The van der Waals surface area contributed by atoms with Crippen LogP contribution < -0.4 is 9.64 Å². The van der Waals surface area contributed by atoms with E-state index in [0.717, 1.165) is 41.5 Å². The molecule has 38 heavy (non-hydrogen) atoms. The first-order valence-electron chi connectivity index (χ1n) is 12.7. The average Bonchev–Trinajstić information content (AvgIpc) is 3.39. The number of rotatable bonds is 8. The van der Waals surface area contributed by atoms with E-state index in [-0.39, 0.29) is 23.4 Å². The number of aromatic nitrogens is 2. The molecule has 1 fully saturated rings. The monoisotopic (exact) mass is 550 g/mol. The van der Waals surface area contributed by atoms with Crippen LogP contribution >= 0.6 is 11.3 Å². The minimum atomic E-state index is -3.63. The van der Waals surface area contributed by atoms with Gasteiger partial charge in [0.15, 0.2) is 5.13 Å². The lowest BCUT2D eigenvalue weighted by molar-refractivity contribution is 0.0985. The summed E-state index contributed by atoms with van der Waals surface area (Å²) < 4.78 is 34.6. The van der Waals surface area contributed by atoms with E-state index in [4.69, 9.17) is 9.72 Å². The summed E-state index contributed by atoms with van der Waals surface area (Å²) in [5, 5.41) is 0.540. The zero-order chi connectivity index (χ0) is 26.7. The van der Waals surface area contributed by atoms with Gasteiger partial charge in [-0.3, -0.25) is 14.7 Å². The Balaban J connectivity index is 1.46. The molecule has 0 radical (unpaired) electrons. The third kappa shape index (κ3) is 5.29. The number of methoxy groups -OCH3 is 1. The Labute approximate surface area is 227 Å². The molecular weight excluding hydrogens is 520 g/mol. The highest BCUT2D eigenvalue weighted by molar-refractivity contribution is 7.89. The summed E-state index contributed by atoms with van der Waals surface area (Å²) in [5.74, 6) is 0.446. The zero-order valence-corrected chi connectivity index (χ0v) is 23.0. The first kappa shape index (κ1) is 26.3. The van der Waals surface area contributed by atoms with Crippen LogP contribution in [0.25, 0.3) is 10.2 Å². The molecular formula is C28H30N4O4S2. The van der Waals surface area contributed by atoms with Crippen molar-refractivity contribution in [3.63, 3.8) is 0 Å². The summed E-state index contributed by atoms with van der Waals surface area (Å²) in [6.07, 6.45) is 6.98. The molecule has 3 heterocycles. The van der Waals surface area contributed by atoms with Crippen LogP contribution in [0.2, 0.25) is 0 Å². The van der Waals surface area contributed by atoms with Gasteiger partial charge >= 0.3 is 0 Å². The van der Waals surface area contributed by atoms with E-state index in [2.05, 4.69) is 4.98 Å². The number of nitrogens with zero attached hydrogens (tertiary/aromatic N) is 4. The second-order valence-corrected chi connectivity index (χ2v) is 12.2. The molecule has 5 rings (SSSR count). The minimum absolute atomic E-state index is 0.0164. The number of carbonyl (C=O) groups is 1. The Bertz CT molecular complexity index is 1520. The molecule has 1 unspecified atom stereocenters. The standard InChI is InChI=1S/C28H30N4O4S2/c1-3-22-8-4-5-16-32(22)38(34,35)24-12-9-21(10-13-24)27(33)31(19-20-7-6-15-29-18-20)28-30-25-14-11-23(36-2)17-26(25)37-28/h6-7,9-15,17-18,22H,3-5,8,16,19H2,1-2H3. The third-order valence-corrected chi connectivity index (χ3v) is 9.88. The molecule has 1 aliphatic heterocycles. The second kappa shape index (κ2) is 11.2. The predicted molar refractivity (Wildman–Crippen MR) is 149 cm³/mol. The molecule has 0 bridgehead atoms. The van der Waals surface area contributed by atoms with Crippen molar-refractivity contribution in [2.45, 2.75) is 50.1 Å². The molecule has 1 amide bonds. The minimum Gasteiger partial charge on any atom is -0.497 e. The maximum Gasteiger partial charge on any atom is 0.260 e. The number of piperidine rings is 1. The van der Waals surface area contributed by atoms with Crippen LogP contribution in [0.4, 0.5) is 5.13 Å². The summed E-state index contributed by atoms with van der Waals surface area (Å²) in [6.45, 7) is 2.83. The Hall–Kier alpha value is -3.34. The van der Waals surface area contributed by atoms with Gasteiger partial charge in [-0.1, -0.05) is 30.7 Å². The van der Waals surface area contributed by atoms with Gasteiger partial charge in [0.1, 0.15) is 5.75 Å². The van der Waals surface area contributed by atoms with E-state index < -0.39 is 10.0 Å². The molecule has 2 aromatic carbocycles. The Kier molecular flexibility index (Phi) is 7.73. The lowest BCUT2D eigenvalue weighted by Crippen LogP contribution is -2.43. The van der Waals surface area contributed by atoms with Crippen molar-refractivity contribution in [2.24, 2.45) is 0 Å². The van der Waals surface area contributed by atoms with Crippen LogP contribution in [0.15, 0.2) is 71.9 Å². The maximum absolute atomic E-state index is 13.8. The zero-order valence-electron chi connectivity index (χ0n) is 21.4. The molecule has 198 valence electrons. The van der Waals surface area contributed by atoms with Crippen LogP contribution in [0, 0.1) is 0 Å². The molecule has 2 aromatic heterocycles. The summed E-state index contributed by atoms with van der Waals surface area (Å²) in [6, 6.07) is 15.6. The van der Waals surface area contributed by atoms with Gasteiger partial charge in [-0.2, -0.15) is 4.31 Å². The van der Waals surface area contributed by atoms with Crippen LogP contribution in [0.5, 0.6) is 5.75 Å². The van der Waals surface area contributed by atoms with Crippen molar-refractivity contribution >= 4 is 42.6 Å². The van der Waals surface area contributed by atoms with Gasteiger partial charge in [0, 0.05) is 30.5 Å². The molecule has 0 saturated carbocycles. The molecule has 0 aliphatic carbocycles. The number of sulfonamides is 1. The highest BCUT2D eigenvalue weighted by atomic mass is 32.2. The molecule has 1 atom stereocenters. The van der Waals surface area contributed by atoms with Crippen molar-refractivity contribution in [1.82, 2.24) is 14.3 Å². The van der Waals surface area contributed by atoms with Gasteiger partial charge in [0.2, 0.25) is 10.0 Å². The maximum atomic E-state index is 13.8. The number of hydrogen-bond acceptors (Lipinski definition) is 7. The number of fused-ring (bicyclic) bond motifs is 1. The van der Waals surface area contributed by atoms with E-state index >= 15 is 0 Å². The van der Waals surface area contributed by atoms with Crippen LogP contribution in [-0.4, -0.2) is 48.3 Å². The van der Waals surface area contributed by atoms with Crippen molar-refractivity contribution in [3.8, 4) is 5.75 Å². The van der Waals surface area contributed by atoms with Gasteiger partial charge in [-0.05, 0) is 73.4 Å². The SMILES string of the molecule is CCC1CCCCN1S(=O)(=O)c1ccc(C(=O)N(Cc2cccnc2)c2nc3ccc(OC)cc3s2)cc1. The van der Waals surface area contributed by atoms with Crippen LogP contribution in [0.3, 0.4) is 0 Å². The van der Waals surface area contributed by atoms with Gasteiger partial charge in [0.25, 0.3) is 5.91 Å². The largest absolute Gasteiger partial charge is 0.497 e. The Morgan fingerprint density at radius 2 is 1.97 bits per heavy atom. The van der Waals surface area contributed by atoms with E-state index in [1.54, 1.807) is 40.8 Å². The van der Waals surface area contributed by atoms with Crippen LogP contribution in [0.1, 0.15) is 48.5 Å². The predicted octanol–water partition coefficient (Wildman–Crippen LogP) is 5.50. The number of thiazole rings is 1. The first-order chi connectivity index (χ1) is 18.4. The van der Waals surface area contributed by atoms with E-state index in [1.165, 1.54) is 23.5 Å². The van der Waals surface area contributed by atoms with E-state index in [0.29, 0.717) is 23.0 Å². The molecule has 1 saturated heterocycles.